The molecule has 0 fully saturated rings. The molecule has 0 bridgehead atoms. The molecule has 0 unspecified atom stereocenters. The summed E-state index contributed by atoms with van der Waals surface area (Å²) in [6.45, 7) is 2.04. The maximum absolute atomic E-state index is 8.98. The van der Waals surface area contributed by atoms with Gasteiger partial charge < -0.3 is 5.32 Å². The van der Waals surface area contributed by atoms with Crippen LogP contribution in [-0.4, -0.2) is 14.8 Å². The van der Waals surface area contributed by atoms with Gasteiger partial charge in [-0.15, -0.1) is 0 Å². The van der Waals surface area contributed by atoms with Crippen molar-refractivity contribution in [1.82, 2.24) is 14.8 Å². The lowest BCUT2D eigenvalue weighted by Gasteiger charge is -2.05. The van der Waals surface area contributed by atoms with Gasteiger partial charge in [-0.05, 0) is 18.6 Å². The zero-order valence-electron chi connectivity index (χ0n) is 9.81. The summed E-state index contributed by atoms with van der Waals surface area (Å²) >= 11 is 0. The quantitative estimate of drug-likeness (QED) is 0.870. The number of nitrogens with zero attached hydrogens (tertiary/aromatic N) is 4. The van der Waals surface area contributed by atoms with E-state index in [-0.39, 0.29) is 0 Å². The van der Waals surface area contributed by atoms with Gasteiger partial charge in [-0.1, -0.05) is 6.92 Å². The van der Waals surface area contributed by atoms with Crippen molar-refractivity contribution in [2.75, 3.05) is 5.32 Å². The number of aryl methyl sites for hydroxylation is 2. The minimum atomic E-state index is 0.526. The molecule has 5 nitrogen and oxygen atoms in total. The number of nitriles is 1. The lowest BCUT2D eigenvalue weighted by molar-refractivity contribution is 0.746. The first-order valence-electron chi connectivity index (χ1n) is 5.39. The highest BCUT2D eigenvalue weighted by molar-refractivity contribution is 5.63. The van der Waals surface area contributed by atoms with Crippen molar-refractivity contribution in [3.05, 3.63) is 35.8 Å². The molecular weight excluding hydrogens is 214 g/mol. The van der Waals surface area contributed by atoms with Crippen molar-refractivity contribution in [2.24, 2.45) is 7.05 Å². The van der Waals surface area contributed by atoms with Gasteiger partial charge in [0.25, 0.3) is 0 Å². The second-order valence-corrected chi connectivity index (χ2v) is 3.65. The Hall–Kier alpha value is -2.35. The first kappa shape index (κ1) is 11.1. The Kier molecular flexibility index (Phi) is 3.06. The van der Waals surface area contributed by atoms with E-state index in [9.17, 15) is 0 Å². The summed E-state index contributed by atoms with van der Waals surface area (Å²) in [6.07, 6.45) is 4.37. The monoisotopic (exact) mass is 227 g/mol. The SMILES string of the molecule is CCc1nn(C)cc1Nc1ncccc1C#N. The van der Waals surface area contributed by atoms with Crippen LogP contribution in [0.25, 0.3) is 0 Å². The van der Waals surface area contributed by atoms with Gasteiger partial charge >= 0.3 is 0 Å². The van der Waals surface area contributed by atoms with Crippen LogP contribution in [0.4, 0.5) is 11.5 Å². The van der Waals surface area contributed by atoms with E-state index < -0.39 is 0 Å². The normalized spacial score (nSPS) is 9.94. The second kappa shape index (κ2) is 4.66. The Bertz CT molecular complexity index is 565. The molecule has 1 N–H and O–H groups in total. The third kappa shape index (κ3) is 2.26. The summed E-state index contributed by atoms with van der Waals surface area (Å²) in [5.74, 6) is 0.567. The first-order valence-corrected chi connectivity index (χ1v) is 5.39. The fourth-order valence-electron chi connectivity index (χ4n) is 1.62. The van der Waals surface area contributed by atoms with E-state index in [0.29, 0.717) is 11.4 Å². The van der Waals surface area contributed by atoms with Crippen LogP contribution in [0.5, 0.6) is 0 Å². The number of aromatic nitrogens is 3. The maximum Gasteiger partial charge on any atom is 0.148 e. The third-order valence-corrected chi connectivity index (χ3v) is 2.42. The maximum atomic E-state index is 8.98. The minimum absolute atomic E-state index is 0.526. The van der Waals surface area contributed by atoms with E-state index in [1.807, 2.05) is 20.2 Å². The zero-order chi connectivity index (χ0) is 12.3. The van der Waals surface area contributed by atoms with Crippen LogP contribution >= 0.6 is 0 Å². The minimum Gasteiger partial charge on any atom is -0.336 e. The molecule has 2 heterocycles. The number of rotatable bonds is 3. The predicted molar refractivity (Wildman–Crippen MR) is 64.8 cm³/mol. The van der Waals surface area contributed by atoms with Crippen molar-refractivity contribution in [3.63, 3.8) is 0 Å². The summed E-state index contributed by atoms with van der Waals surface area (Å²) in [7, 11) is 1.87. The molecule has 17 heavy (non-hydrogen) atoms. The number of hydrogen-bond donors (Lipinski definition) is 1. The Morgan fingerprint density at radius 2 is 2.35 bits per heavy atom. The Morgan fingerprint density at radius 3 is 3.06 bits per heavy atom. The molecule has 0 aliphatic heterocycles. The molecule has 2 aromatic heterocycles. The highest BCUT2D eigenvalue weighted by Gasteiger charge is 2.08. The van der Waals surface area contributed by atoms with Crippen LogP contribution in [0.1, 0.15) is 18.2 Å². The molecule has 0 saturated heterocycles. The Balaban J connectivity index is 2.35. The molecule has 5 heteroatoms. The van der Waals surface area contributed by atoms with Gasteiger partial charge in [-0.25, -0.2) is 4.98 Å². The molecule has 0 atom stereocenters. The van der Waals surface area contributed by atoms with Crippen LogP contribution in [0, 0.1) is 11.3 Å². The molecule has 0 aliphatic rings. The molecule has 0 aliphatic carbocycles. The van der Waals surface area contributed by atoms with Crippen molar-refractivity contribution in [3.8, 4) is 6.07 Å². The largest absolute Gasteiger partial charge is 0.336 e. The standard InChI is InChI=1S/C12H13N5/c1-3-10-11(8-17(2)16-10)15-12-9(7-13)5-4-6-14-12/h4-6,8H,3H2,1-2H3,(H,14,15). The molecule has 86 valence electrons. The van der Waals surface area contributed by atoms with Crippen LogP contribution in [0.3, 0.4) is 0 Å². The van der Waals surface area contributed by atoms with E-state index in [1.165, 1.54) is 0 Å². The van der Waals surface area contributed by atoms with E-state index in [2.05, 4.69) is 21.5 Å². The van der Waals surface area contributed by atoms with Gasteiger partial charge in [0, 0.05) is 19.4 Å². The van der Waals surface area contributed by atoms with Crippen molar-refractivity contribution in [2.45, 2.75) is 13.3 Å². The number of pyridine rings is 1. The molecule has 0 spiro atoms. The van der Waals surface area contributed by atoms with Crippen molar-refractivity contribution in [1.29, 1.82) is 5.26 Å². The predicted octanol–water partition coefficient (Wildman–Crippen LogP) is 1.99. The first-order chi connectivity index (χ1) is 8.24. The third-order valence-electron chi connectivity index (χ3n) is 2.42. The van der Waals surface area contributed by atoms with E-state index in [0.717, 1.165) is 17.8 Å². The summed E-state index contributed by atoms with van der Waals surface area (Å²) < 4.78 is 1.75. The van der Waals surface area contributed by atoms with Gasteiger partial charge in [0.05, 0.1) is 16.9 Å². The molecule has 0 amide bonds. The fourth-order valence-corrected chi connectivity index (χ4v) is 1.62. The van der Waals surface area contributed by atoms with Gasteiger partial charge in [-0.2, -0.15) is 10.4 Å². The lowest BCUT2D eigenvalue weighted by Crippen LogP contribution is -1.97. The topological polar surface area (TPSA) is 66.5 Å². The van der Waals surface area contributed by atoms with Gasteiger partial charge in [0.15, 0.2) is 0 Å². The Labute approximate surface area is 99.7 Å². The molecule has 2 rings (SSSR count). The van der Waals surface area contributed by atoms with Gasteiger partial charge in [-0.3, -0.25) is 4.68 Å². The molecule has 2 aromatic rings. The number of nitrogens with one attached hydrogen (secondary N) is 1. The lowest BCUT2D eigenvalue weighted by atomic mass is 10.2. The zero-order valence-corrected chi connectivity index (χ0v) is 9.81. The van der Waals surface area contributed by atoms with Crippen molar-refractivity contribution < 1.29 is 0 Å². The molecule has 0 radical (unpaired) electrons. The summed E-state index contributed by atoms with van der Waals surface area (Å²) in [6, 6.07) is 5.59. The van der Waals surface area contributed by atoms with Crippen LogP contribution in [0.2, 0.25) is 0 Å². The van der Waals surface area contributed by atoms with Gasteiger partial charge in [0.2, 0.25) is 0 Å². The fraction of sp³-hybridized carbons (Fsp3) is 0.250. The van der Waals surface area contributed by atoms with E-state index in [1.54, 1.807) is 23.0 Å². The summed E-state index contributed by atoms with van der Waals surface area (Å²) in [5, 5.41) is 16.4. The average Bonchev–Trinajstić information content (AvgIpc) is 2.70. The number of hydrogen-bond acceptors (Lipinski definition) is 4. The highest BCUT2D eigenvalue weighted by atomic mass is 15.3. The van der Waals surface area contributed by atoms with Crippen LogP contribution in [-0.2, 0) is 13.5 Å². The second-order valence-electron chi connectivity index (χ2n) is 3.65. The summed E-state index contributed by atoms with van der Waals surface area (Å²) in [4.78, 5) is 4.16. The van der Waals surface area contributed by atoms with Crippen molar-refractivity contribution >= 4 is 11.5 Å². The van der Waals surface area contributed by atoms with E-state index in [4.69, 9.17) is 5.26 Å². The number of anilines is 2. The summed E-state index contributed by atoms with van der Waals surface area (Å²) in [5.41, 5.74) is 2.38. The molecular formula is C12H13N5. The molecule has 0 aromatic carbocycles. The van der Waals surface area contributed by atoms with Crippen LogP contribution in [0.15, 0.2) is 24.5 Å². The van der Waals surface area contributed by atoms with Crippen LogP contribution < -0.4 is 5.32 Å². The Morgan fingerprint density at radius 1 is 1.53 bits per heavy atom. The average molecular weight is 227 g/mol. The smallest absolute Gasteiger partial charge is 0.148 e. The highest BCUT2D eigenvalue weighted by Crippen LogP contribution is 2.20. The molecule has 0 saturated carbocycles. The van der Waals surface area contributed by atoms with Gasteiger partial charge in [0.1, 0.15) is 11.9 Å². The van der Waals surface area contributed by atoms with E-state index >= 15 is 0 Å².